The van der Waals surface area contributed by atoms with Gasteiger partial charge in [-0.3, -0.25) is 9.36 Å². The molecule has 0 radical (unpaired) electrons. The number of methoxy groups -OCH3 is 2. The van der Waals surface area contributed by atoms with Crippen LogP contribution in [0, 0.1) is 6.92 Å². The van der Waals surface area contributed by atoms with Crippen LogP contribution < -0.4 is 20.7 Å². The fraction of sp³-hybridized carbons (Fsp3) is 0.280. The highest BCUT2D eigenvalue weighted by Gasteiger charge is 2.26. The molecule has 2 aromatic carbocycles. The molecule has 2 heterocycles. The molecule has 0 spiro atoms. The summed E-state index contributed by atoms with van der Waals surface area (Å²) in [6.07, 6.45) is 2.87. The molecule has 7 heteroatoms. The van der Waals surface area contributed by atoms with E-state index in [1.54, 1.807) is 41.2 Å². The zero-order chi connectivity index (χ0) is 22.4. The summed E-state index contributed by atoms with van der Waals surface area (Å²) in [6, 6.07) is 13.2. The Hall–Kier alpha value is -3.32. The first-order valence-electron chi connectivity index (χ1n) is 10.6. The molecule has 0 saturated heterocycles. The first-order chi connectivity index (χ1) is 15.5. The molecule has 1 aliphatic carbocycles. The van der Waals surface area contributed by atoms with Crippen LogP contribution in [0.5, 0.6) is 11.5 Å². The quantitative estimate of drug-likeness (QED) is 0.462. The molecule has 0 saturated carbocycles. The van der Waals surface area contributed by atoms with Gasteiger partial charge in [0.2, 0.25) is 0 Å². The summed E-state index contributed by atoms with van der Waals surface area (Å²) in [6.45, 7) is 2.43. The van der Waals surface area contributed by atoms with Crippen LogP contribution in [-0.4, -0.2) is 23.4 Å². The molecule has 0 N–H and O–H groups in total. The summed E-state index contributed by atoms with van der Waals surface area (Å²) < 4.78 is 13.8. The van der Waals surface area contributed by atoms with Crippen LogP contribution in [0.15, 0.2) is 52.1 Å². The van der Waals surface area contributed by atoms with Gasteiger partial charge in [0, 0.05) is 10.9 Å². The van der Waals surface area contributed by atoms with Gasteiger partial charge in [-0.25, -0.2) is 9.36 Å². The number of hydrogen-bond acceptors (Lipinski definition) is 5. The molecule has 0 amide bonds. The topological polar surface area (TPSA) is 62.5 Å². The fourth-order valence-electron chi connectivity index (χ4n) is 4.40. The highest BCUT2D eigenvalue weighted by Crippen LogP contribution is 2.36. The van der Waals surface area contributed by atoms with Gasteiger partial charge in [0.05, 0.1) is 31.8 Å². The molecule has 164 valence electrons. The second-order valence-corrected chi connectivity index (χ2v) is 9.15. The van der Waals surface area contributed by atoms with Crippen LogP contribution in [0.3, 0.4) is 0 Å². The second kappa shape index (κ2) is 7.98. The summed E-state index contributed by atoms with van der Waals surface area (Å²) in [7, 11) is 3.09. The van der Waals surface area contributed by atoms with Crippen molar-refractivity contribution in [2.45, 2.75) is 32.7 Å². The molecule has 0 bridgehead atoms. The largest absolute Gasteiger partial charge is 0.497 e. The third-order valence-corrected chi connectivity index (χ3v) is 7.39. The average molecular weight is 449 g/mol. The van der Waals surface area contributed by atoms with E-state index >= 15 is 0 Å². The number of rotatable bonds is 5. The fourth-order valence-corrected chi connectivity index (χ4v) is 5.78. The van der Waals surface area contributed by atoms with Crippen molar-refractivity contribution in [3.05, 3.63) is 84.9 Å². The molecule has 6 nitrogen and oxygen atoms in total. The van der Waals surface area contributed by atoms with E-state index in [0.29, 0.717) is 29.1 Å². The number of fused-ring (bicyclic) bond motifs is 3. The average Bonchev–Trinajstić information content (AvgIpc) is 3.39. The lowest BCUT2D eigenvalue weighted by Gasteiger charge is -2.15. The maximum absolute atomic E-state index is 13.8. The molecule has 4 aromatic rings. The molecule has 0 atom stereocenters. The molecule has 5 rings (SSSR count). The van der Waals surface area contributed by atoms with Gasteiger partial charge < -0.3 is 9.47 Å². The Bertz CT molecular complexity index is 1440. The van der Waals surface area contributed by atoms with Crippen LogP contribution >= 0.6 is 11.3 Å². The molecule has 0 fully saturated rings. The molecule has 1 aliphatic rings. The van der Waals surface area contributed by atoms with Gasteiger partial charge >= 0.3 is 5.69 Å². The number of ether oxygens (including phenoxy) is 2. The predicted octanol–water partition coefficient (Wildman–Crippen LogP) is 4.08. The summed E-state index contributed by atoms with van der Waals surface area (Å²) >= 11 is 1.58. The van der Waals surface area contributed by atoms with Gasteiger partial charge in [0.1, 0.15) is 16.3 Å². The lowest BCUT2D eigenvalue weighted by Crippen LogP contribution is -2.39. The summed E-state index contributed by atoms with van der Waals surface area (Å²) in [5, 5.41) is 0.659. The van der Waals surface area contributed by atoms with Gasteiger partial charge in [-0.15, -0.1) is 11.3 Å². The number of benzene rings is 2. The van der Waals surface area contributed by atoms with E-state index < -0.39 is 0 Å². The van der Waals surface area contributed by atoms with Crippen LogP contribution in [0.2, 0.25) is 0 Å². The minimum Gasteiger partial charge on any atom is -0.497 e. The number of hydrogen-bond donors (Lipinski definition) is 0. The standard InChI is InChI=1S/C25H24N2O4S/c1-15-7-9-16(10-8-15)14-26-24-22(18-5-4-6-21(18)32-24)23(28)27(25(26)29)19-12-11-17(30-2)13-20(19)31-3/h7-13H,4-6,14H2,1-3H3. The van der Waals surface area contributed by atoms with E-state index in [4.69, 9.17) is 9.47 Å². The van der Waals surface area contributed by atoms with E-state index in [-0.39, 0.29) is 11.2 Å². The van der Waals surface area contributed by atoms with Crippen LogP contribution in [0.4, 0.5) is 0 Å². The van der Waals surface area contributed by atoms with Crippen molar-refractivity contribution in [1.29, 1.82) is 0 Å². The van der Waals surface area contributed by atoms with Crippen molar-refractivity contribution in [2.75, 3.05) is 14.2 Å². The van der Waals surface area contributed by atoms with E-state index in [1.807, 2.05) is 31.2 Å². The Balaban J connectivity index is 1.82. The Morgan fingerprint density at radius 1 is 1.00 bits per heavy atom. The van der Waals surface area contributed by atoms with E-state index in [2.05, 4.69) is 0 Å². The zero-order valence-corrected chi connectivity index (χ0v) is 19.1. The normalized spacial score (nSPS) is 12.8. The second-order valence-electron chi connectivity index (χ2n) is 8.07. The van der Waals surface area contributed by atoms with Gasteiger partial charge in [0.15, 0.2) is 0 Å². The highest BCUT2D eigenvalue weighted by molar-refractivity contribution is 7.18. The number of thiophene rings is 1. The first-order valence-corrected chi connectivity index (χ1v) is 11.4. The summed E-state index contributed by atoms with van der Waals surface area (Å²) in [5.74, 6) is 1.01. The first kappa shape index (κ1) is 20.6. The lowest BCUT2D eigenvalue weighted by atomic mass is 10.1. The molecule has 2 aromatic heterocycles. The Labute approximate surface area is 189 Å². The number of nitrogens with zero attached hydrogens (tertiary/aromatic N) is 2. The minimum atomic E-state index is -0.369. The van der Waals surface area contributed by atoms with Gasteiger partial charge in [-0.05, 0) is 49.4 Å². The zero-order valence-electron chi connectivity index (χ0n) is 18.3. The molecule has 0 unspecified atom stereocenters. The van der Waals surface area contributed by atoms with Crippen molar-refractivity contribution in [3.8, 4) is 17.2 Å². The number of aryl methyl sites for hydroxylation is 3. The lowest BCUT2D eigenvalue weighted by molar-refractivity contribution is 0.392. The van der Waals surface area contributed by atoms with Crippen LogP contribution in [0.25, 0.3) is 15.9 Å². The molecule has 0 aliphatic heterocycles. The van der Waals surface area contributed by atoms with Crippen LogP contribution in [-0.2, 0) is 19.4 Å². The van der Waals surface area contributed by atoms with E-state index in [1.165, 1.54) is 16.6 Å². The van der Waals surface area contributed by atoms with Gasteiger partial charge in [0.25, 0.3) is 5.56 Å². The van der Waals surface area contributed by atoms with E-state index in [9.17, 15) is 9.59 Å². The molecular weight excluding hydrogens is 424 g/mol. The monoisotopic (exact) mass is 448 g/mol. The summed E-state index contributed by atoms with van der Waals surface area (Å²) in [4.78, 5) is 29.5. The smallest absolute Gasteiger partial charge is 0.337 e. The van der Waals surface area contributed by atoms with Crippen LogP contribution in [0.1, 0.15) is 28.0 Å². The molecular formula is C25H24N2O4S. The van der Waals surface area contributed by atoms with Crippen molar-refractivity contribution in [1.82, 2.24) is 9.13 Å². The SMILES string of the molecule is COc1ccc(-n2c(=O)c3c4c(sc3n(Cc3ccc(C)cc3)c2=O)CCC4)c(OC)c1. The Morgan fingerprint density at radius 2 is 1.78 bits per heavy atom. The van der Waals surface area contributed by atoms with Gasteiger partial charge in [-0.1, -0.05) is 29.8 Å². The van der Waals surface area contributed by atoms with Crippen molar-refractivity contribution < 1.29 is 9.47 Å². The predicted molar refractivity (Wildman–Crippen MR) is 127 cm³/mol. The minimum absolute atomic E-state index is 0.284. The van der Waals surface area contributed by atoms with Crippen molar-refractivity contribution in [2.24, 2.45) is 0 Å². The van der Waals surface area contributed by atoms with E-state index in [0.717, 1.165) is 40.8 Å². The molecule has 32 heavy (non-hydrogen) atoms. The highest BCUT2D eigenvalue weighted by atomic mass is 32.1. The number of aromatic nitrogens is 2. The maximum Gasteiger partial charge on any atom is 0.337 e. The van der Waals surface area contributed by atoms with Crippen molar-refractivity contribution in [3.63, 3.8) is 0 Å². The summed E-state index contributed by atoms with van der Waals surface area (Å²) in [5.41, 5.74) is 3.03. The Kier molecular flexibility index (Phi) is 5.13. The van der Waals surface area contributed by atoms with Crippen molar-refractivity contribution >= 4 is 21.6 Å². The van der Waals surface area contributed by atoms with Gasteiger partial charge in [-0.2, -0.15) is 0 Å². The third-order valence-electron chi connectivity index (χ3n) is 6.08. The Morgan fingerprint density at radius 3 is 2.50 bits per heavy atom. The third kappa shape index (κ3) is 3.24. The maximum atomic E-state index is 13.8.